The van der Waals surface area contributed by atoms with Crippen molar-refractivity contribution in [3.8, 4) is 6.07 Å². The molecule has 4 rings (SSSR count). The summed E-state index contributed by atoms with van der Waals surface area (Å²) in [4.78, 5) is 13.2. The number of rotatable bonds is 5. The molecule has 0 aliphatic carbocycles. The van der Waals surface area contributed by atoms with Gasteiger partial charge in [-0.2, -0.15) is 5.26 Å². The van der Waals surface area contributed by atoms with Crippen LogP contribution in [-0.2, 0) is 20.9 Å². The number of carbonyl (C=O) groups excluding carboxylic acids is 1. The second kappa shape index (κ2) is 9.15. The molecular weight excluding hydrogens is 386 g/mol. The molecule has 3 aromatic carbocycles. The first-order valence-electron chi connectivity index (χ1n) is 10.0. The van der Waals surface area contributed by atoms with Crippen molar-refractivity contribution in [3.63, 3.8) is 0 Å². The highest BCUT2D eigenvalue weighted by atomic mass is 16.5. The Morgan fingerprint density at radius 1 is 0.935 bits per heavy atom. The Kier molecular flexibility index (Phi) is 5.96. The number of hydrogen-bond donors (Lipinski definition) is 0. The quantitative estimate of drug-likeness (QED) is 0.505. The molecule has 0 fully saturated rings. The van der Waals surface area contributed by atoms with E-state index < -0.39 is 11.9 Å². The first-order valence-corrected chi connectivity index (χ1v) is 10.0. The molecule has 3 aromatic rings. The molecule has 0 radical (unpaired) electrons. The van der Waals surface area contributed by atoms with Gasteiger partial charge in [0, 0.05) is 5.56 Å². The fourth-order valence-corrected chi connectivity index (χ4v) is 3.70. The Morgan fingerprint density at radius 2 is 1.52 bits per heavy atom. The van der Waals surface area contributed by atoms with E-state index in [1.165, 1.54) is 0 Å². The second-order valence-corrected chi connectivity index (χ2v) is 7.20. The van der Waals surface area contributed by atoms with Crippen molar-refractivity contribution in [1.29, 1.82) is 5.26 Å². The lowest BCUT2D eigenvalue weighted by Gasteiger charge is -2.28. The lowest BCUT2D eigenvalue weighted by molar-refractivity contribution is -0.140. The molecule has 0 saturated carbocycles. The average molecular weight is 407 g/mol. The summed E-state index contributed by atoms with van der Waals surface area (Å²) in [6, 6.07) is 30.8. The van der Waals surface area contributed by atoms with Gasteiger partial charge in [0.15, 0.2) is 0 Å². The van der Waals surface area contributed by atoms with Crippen molar-refractivity contribution in [2.45, 2.75) is 19.4 Å². The Balaban J connectivity index is 1.75. The van der Waals surface area contributed by atoms with E-state index in [-0.39, 0.29) is 6.61 Å². The number of carbonyl (C=O) groups is 1. The minimum absolute atomic E-state index is 0.148. The Labute approximate surface area is 181 Å². The highest BCUT2D eigenvalue weighted by molar-refractivity contribution is 5.94. The number of hydrogen-bond acceptors (Lipinski definition) is 4. The van der Waals surface area contributed by atoms with Gasteiger partial charge in [0.05, 0.1) is 23.1 Å². The van der Waals surface area contributed by atoms with Gasteiger partial charge < -0.3 is 9.47 Å². The van der Waals surface area contributed by atoms with Crippen LogP contribution >= 0.6 is 0 Å². The van der Waals surface area contributed by atoms with Gasteiger partial charge in [-0.3, -0.25) is 0 Å². The molecule has 31 heavy (non-hydrogen) atoms. The molecule has 1 atom stereocenters. The molecule has 4 nitrogen and oxygen atoms in total. The zero-order valence-corrected chi connectivity index (χ0v) is 17.1. The monoisotopic (exact) mass is 407 g/mol. The van der Waals surface area contributed by atoms with E-state index in [0.29, 0.717) is 22.7 Å². The fraction of sp³-hybridized carbons (Fsp3) is 0.111. The predicted octanol–water partition coefficient (Wildman–Crippen LogP) is 5.75. The standard InChI is InChI=1S/C27H21NO3/c1-19-24(27(29)30-18-20-11-5-2-6-12-20)25(21-13-7-3-8-14-21)23(17-28)26(31-19)22-15-9-4-10-16-22/h2-16,25H,18H2,1H3. The van der Waals surface area contributed by atoms with Crippen LogP contribution in [0.25, 0.3) is 5.76 Å². The van der Waals surface area contributed by atoms with Crippen LogP contribution in [0.15, 0.2) is 108 Å². The summed E-state index contributed by atoms with van der Waals surface area (Å²) in [6.07, 6.45) is 0. The minimum atomic E-state index is -0.571. The Hall–Kier alpha value is -4.10. The van der Waals surface area contributed by atoms with E-state index >= 15 is 0 Å². The van der Waals surface area contributed by atoms with Gasteiger partial charge in [-0.1, -0.05) is 91.0 Å². The molecule has 1 aliphatic heterocycles. The van der Waals surface area contributed by atoms with Crippen LogP contribution in [0, 0.1) is 11.3 Å². The summed E-state index contributed by atoms with van der Waals surface area (Å²) in [5, 5.41) is 10.1. The highest BCUT2D eigenvalue weighted by Crippen LogP contribution is 2.43. The second-order valence-electron chi connectivity index (χ2n) is 7.20. The van der Waals surface area contributed by atoms with Crippen LogP contribution in [0.1, 0.15) is 29.5 Å². The molecule has 0 spiro atoms. The first-order chi connectivity index (χ1) is 15.2. The maximum absolute atomic E-state index is 13.2. The number of ether oxygens (including phenoxy) is 2. The molecule has 1 heterocycles. The summed E-state index contributed by atoms with van der Waals surface area (Å²) < 4.78 is 11.7. The van der Waals surface area contributed by atoms with Crippen LogP contribution in [-0.4, -0.2) is 5.97 Å². The zero-order chi connectivity index (χ0) is 21.6. The van der Waals surface area contributed by atoms with Crippen LogP contribution in [0.3, 0.4) is 0 Å². The smallest absolute Gasteiger partial charge is 0.338 e. The fourth-order valence-electron chi connectivity index (χ4n) is 3.70. The first kappa shape index (κ1) is 20.2. The van der Waals surface area contributed by atoms with Crippen molar-refractivity contribution >= 4 is 11.7 Å². The number of allylic oxidation sites excluding steroid dienone is 2. The van der Waals surface area contributed by atoms with Gasteiger partial charge in [0.2, 0.25) is 0 Å². The van der Waals surface area contributed by atoms with Crippen molar-refractivity contribution in [1.82, 2.24) is 0 Å². The molecule has 0 aromatic heterocycles. The van der Waals surface area contributed by atoms with Gasteiger partial charge in [0.25, 0.3) is 0 Å². The van der Waals surface area contributed by atoms with Crippen LogP contribution in [0.2, 0.25) is 0 Å². The molecule has 0 N–H and O–H groups in total. The molecule has 0 amide bonds. The van der Waals surface area contributed by atoms with E-state index in [1.54, 1.807) is 6.92 Å². The zero-order valence-electron chi connectivity index (χ0n) is 17.1. The van der Waals surface area contributed by atoms with Crippen LogP contribution in [0.4, 0.5) is 0 Å². The minimum Gasteiger partial charge on any atom is -0.460 e. The van der Waals surface area contributed by atoms with Crippen molar-refractivity contribution < 1.29 is 14.3 Å². The lowest BCUT2D eigenvalue weighted by atomic mass is 9.81. The third kappa shape index (κ3) is 4.26. The molecule has 1 aliphatic rings. The number of nitrogens with zero attached hydrogens (tertiary/aromatic N) is 1. The molecular formula is C27H21NO3. The predicted molar refractivity (Wildman–Crippen MR) is 118 cm³/mol. The van der Waals surface area contributed by atoms with Crippen LogP contribution < -0.4 is 0 Å². The highest BCUT2D eigenvalue weighted by Gasteiger charge is 2.37. The summed E-state index contributed by atoms with van der Waals surface area (Å²) in [5.74, 6) is -0.160. The third-order valence-electron chi connectivity index (χ3n) is 5.18. The van der Waals surface area contributed by atoms with E-state index in [2.05, 4.69) is 6.07 Å². The molecule has 0 saturated heterocycles. The lowest BCUT2D eigenvalue weighted by Crippen LogP contribution is -2.23. The summed E-state index contributed by atoms with van der Waals surface area (Å²) >= 11 is 0. The van der Waals surface area contributed by atoms with E-state index in [9.17, 15) is 10.1 Å². The van der Waals surface area contributed by atoms with Gasteiger partial charge in [0.1, 0.15) is 18.1 Å². The normalized spacial score (nSPS) is 15.8. The van der Waals surface area contributed by atoms with Gasteiger partial charge in [-0.05, 0) is 18.1 Å². The van der Waals surface area contributed by atoms with Gasteiger partial charge >= 0.3 is 5.97 Å². The largest absolute Gasteiger partial charge is 0.460 e. The molecule has 0 bridgehead atoms. The Morgan fingerprint density at radius 3 is 2.13 bits per heavy atom. The molecule has 1 unspecified atom stereocenters. The summed E-state index contributed by atoms with van der Waals surface area (Å²) in [7, 11) is 0. The van der Waals surface area contributed by atoms with E-state index in [1.807, 2.05) is 91.0 Å². The average Bonchev–Trinajstić information content (AvgIpc) is 2.83. The van der Waals surface area contributed by atoms with Crippen molar-refractivity contribution in [3.05, 3.63) is 125 Å². The topological polar surface area (TPSA) is 59.3 Å². The van der Waals surface area contributed by atoms with E-state index in [4.69, 9.17) is 9.47 Å². The summed E-state index contributed by atoms with van der Waals surface area (Å²) in [5.41, 5.74) is 3.24. The van der Waals surface area contributed by atoms with Crippen molar-refractivity contribution in [2.75, 3.05) is 0 Å². The third-order valence-corrected chi connectivity index (χ3v) is 5.18. The molecule has 4 heteroatoms. The van der Waals surface area contributed by atoms with Gasteiger partial charge in [-0.25, -0.2) is 4.79 Å². The SMILES string of the molecule is CC1=C(C(=O)OCc2ccccc2)C(c2ccccc2)C(C#N)=C(c2ccccc2)O1. The number of nitriles is 1. The summed E-state index contributed by atoms with van der Waals surface area (Å²) in [6.45, 7) is 1.89. The van der Waals surface area contributed by atoms with E-state index in [0.717, 1.165) is 16.7 Å². The Bertz CT molecular complexity index is 1170. The number of esters is 1. The molecule has 152 valence electrons. The maximum atomic E-state index is 13.2. The number of benzene rings is 3. The van der Waals surface area contributed by atoms with Gasteiger partial charge in [-0.15, -0.1) is 0 Å². The maximum Gasteiger partial charge on any atom is 0.338 e. The van der Waals surface area contributed by atoms with Crippen molar-refractivity contribution in [2.24, 2.45) is 0 Å². The van der Waals surface area contributed by atoms with Crippen LogP contribution in [0.5, 0.6) is 0 Å².